The van der Waals surface area contributed by atoms with Crippen molar-refractivity contribution in [2.75, 3.05) is 50.8 Å². The minimum absolute atomic E-state index is 0.00708. The van der Waals surface area contributed by atoms with Crippen molar-refractivity contribution in [2.45, 2.75) is 38.3 Å². The number of hydrogen-bond donors (Lipinski definition) is 1. The highest BCUT2D eigenvalue weighted by Crippen LogP contribution is 2.53. The van der Waals surface area contributed by atoms with Gasteiger partial charge in [-0.05, 0) is 43.2 Å². The van der Waals surface area contributed by atoms with E-state index >= 15 is 0 Å². The fraction of sp³-hybridized carbons (Fsp3) is 0.433. The number of amides is 2. The number of benzene rings is 2. The van der Waals surface area contributed by atoms with Crippen molar-refractivity contribution < 1.29 is 29.0 Å². The average Bonchev–Trinajstić information content (AvgIpc) is 3.51. The largest absolute Gasteiger partial charge is 0.507 e. The van der Waals surface area contributed by atoms with Gasteiger partial charge in [0.25, 0.3) is 17.6 Å². The average molecular weight is 532 g/mol. The summed E-state index contributed by atoms with van der Waals surface area (Å²) in [4.78, 5) is 47.2. The van der Waals surface area contributed by atoms with E-state index in [4.69, 9.17) is 9.47 Å². The second-order valence-electron chi connectivity index (χ2n) is 10.6. The van der Waals surface area contributed by atoms with Crippen LogP contribution < -0.4 is 9.64 Å². The third kappa shape index (κ3) is 3.86. The number of Topliss-reactive ketones (excluding diaryl/α,β-unsaturated/α-hetero) is 1. The molecule has 6 rings (SSSR count). The van der Waals surface area contributed by atoms with E-state index in [2.05, 4.69) is 4.90 Å². The molecule has 0 aliphatic carbocycles. The number of hydrogen-bond acceptors (Lipinski definition) is 7. The molecule has 2 fully saturated rings. The van der Waals surface area contributed by atoms with Gasteiger partial charge in [-0.25, -0.2) is 0 Å². The van der Waals surface area contributed by atoms with Crippen molar-refractivity contribution >= 4 is 29.0 Å². The van der Waals surface area contributed by atoms with Crippen LogP contribution >= 0.6 is 0 Å². The standard InChI is InChI=1S/C30H33N3O6/c1-3-10-32-23-7-5-4-6-22(23)30(29(32)37)25(26(34)20-8-9-24-21(18-20)17-19(2)39-24)27(35)28(36)33(30)12-11-31-13-15-38-16-14-31/h4-9,18-19,34H,3,10-17H2,1-2H3/t19-,30+/m0/s1. The predicted octanol–water partition coefficient (Wildman–Crippen LogP) is 2.67. The van der Waals surface area contributed by atoms with Gasteiger partial charge >= 0.3 is 0 Å². The molecule has 0 radical (unpaired) electrons. The Balaban J connectivity index is 1.53. The Kier molecular flexibility index (Phi) is 6.43. The first-order valence-corrected chi connectivity index (χ1v) is 13.7. The zero-order chi connectivity index (χ0) is 27.3. The van der Waals surface area contributed by atoms with Crippen molar-refractivity contribution in [3.63, 3.8) is 0 Å². The van der Waals surface area contributed by atoms with Crippen LogP contribution in [0.2, 0.25) is 0 Å². The van der Waals surface area contributed by atoms with Crippen molar-refractivity contribution in [1.82, 2.24) is 9.80 Å². The van der Waals surface area contributed by atoms with Crippen LogP contribution in [0.1, 0.15) is 37.0 Å². The predicted molar refractivity (Wildman–Crippen MR) is 145 cm³/mol. The first kappa shape index (κ1) is 25.6. The van der Waals surface area contributed by atoms with Crippen LogP contribution in [-0.2, 0) is 31.1 Å². The lowest BCUT2D eigenvalue weighted by Gasteiger charge is -2.36. The van der Waals surface area contributed by atoms with Gasteiger partial charge in [0.2, 0.25) is 0 Å². The van der Waals surface area contributed by atoms with Gasteiger partial charge < -0.3 is 24.4 Å². The van der Waals surface area contributed by atoms with Crippen LogP contribution in [0.4, 0.5) is 5.69 Å². The third-order valence-electron chi connectivity index (χ3n) is 8.17. The van der Waals surface area contributed by atoms with Crippen molar-refractivity contribution in [3.05, 3.63) is 64.7 Å². The van der Waals surface area contributed by atoms with Crippen LogP contribution in [0.25, 0.3) is 5.76 Å². The second-order valence-corrected chi connectivity index (χ2v) is 10.6. The molecule has 2 aromatic rings. The highest BCUT2D eigenvalue weighted by Gasteiger charge is 2.67. The molecule has 0 unspecified atom stereocenters. The zero-order valence-corrected chi connectivity index (χ0v) is 22.3. The number of ketones is 1. The van der Waals surface area contributed by atoms with E-state index in [1.807, 2.05) is 26.0 Å². The Bertz CT molecular complexity index is 1380. The lowest BCUT2D eigenvalue weighted by Crippen LogP contribution is -2.54. The molecule has 0 aromatic heterocycles. The minimum atomic E-state index is -1.74. The van der Waals surface area contributed by atoms with E-state index in [1.165, 1.54) is 4.90 Å². The molecule has 0 bridgehead atoms. The number of rotatable bonds is 6. The normalized spacial score (nSPS) is 25.9. The molecule has 39 heavy (non-hydrogen) atoms. The number of aliphatic hydroxyl groups is 1. The van der Waals surface area contributed by atoms with Crippen molar-refractivity contribution in [1.29, 1.82) is 0 Å². The smallest absolute Gasteiger partial charge is 0.296 e. The summed E-state index contributed by atoms with van der Waals surface area (Å²) in [6.45, 7) is 7.62. The molecule has 2 aromatic carbocycles. The quantitative estimate of drug-likeness (QED) is 0.348. The Morgan fingerprint density at radius 1 is 1.05 bits per heavy atom. The van der Waals surface area contributed by atoms with Crippen LogP contribution in [-0.4, -0.2) is 84.5 Å². The summed E-state index contributed by atoms with van der Waals surface area (Å²) in [6.07, 6.45) is 1.37. The van der Waals surface area contributed by atoms with Crippen molar-refractivity contribution in [2.24, 2.45) is 0 Å². The molecular weight excluding hydrogens is 498 g/mol. The SMILES string of the molecule is CCCN1C(=O)[C@]2(C(=C(O)c3ccc4c(c3)C[C@H](C)O4)C(=O)C(=O)N2CCN2CCOCC2)c2ccccc21. The molecule has 204 valence electrons. The molecule has 4 aliphatic heterocycles. The summed E-state index contributed by atoms with van der Waals surface area (Å²) in [5, 5.41) is 11.8. The molecule has 2 saturated heterocycles. The highest BCUT2D eigenvalue weighted by atomic mass is 16.5. The molecule has 2 amide bonds. The molecule has 1 N–H and O–H groups in total. The summed E-state index contributed by atoms with van der Waals surface area (Å²) >= 11 is 0. The van der Waals surface area contributed by atoms with Crippen LogP contribution in [0.3, 0.4) is 0 Å². The summed E-state index contributed by atoms with van der Waals surface area (Å²) in [5.41, 5.74) is 0.592. The monoisotopic (exact) mass is 531 g/mol. The van der Waals surface area contributed by atoms with Gasteiger partial charge in [-0.15, -0.1) is 0 Å². The lowest BCUT2D eigenvalue weighted by atomic mass is 9.81. The second kappa shape index (κ2) is 9.81. The number of carbonyl (C=O) groups is 3. The third-order valence-corrected chi connectivity index (χ3v) is 8.17. The number of likely N-dealkylation sites (tertiary alicyclic amines) is 1. The maximum atomic E-state index is 14.5. The van der Waals surface area contributed by atoms with E-state index in [0.29, 0.717) is 69.0 Å². The van der Waals surface area contributed by atoms with E-state index in [0.717, 1.165) is 11.3 Å². The Morgan fingerprint density at radius 3 is 2.59 bits per heavy atom. The lowest BCUT2D eigenvalue weighted by molar-refractivity contribution is -0.144. The Labute approximate surface area is 227 Å². The first-order valence-electron chi connectivity index (χ1n) is 13.7. The van der Waals surface area contributed by atoms with Gasteiger partial charge in [0.05, 0.1) is 24.5 Å². The number of anilines is 1. The topological polar surface area (TPSA) is 99.6 Å². The molecular formula is C30H33N3O6. The maximum absolute atomic E-state index is 14.5. The fourth-order valence-corrected chi connectivity index (χ4v) is 6.39. The van der Waals surface area contributed by atoms with Gasteiger partial charge in [0.1, 0.15) is 17.6 Å². The number of carbonyl (C=O) groups excluding carboxylic acids is 3. The Hall–Kier alpha value is -3.69. The molecule has 9 heteroatoms. The van der Waals surface area contributed by atoms with E-state index < -0.39 is 17.2 Å². The van der Waals surface area contributed by atoms with Gasteiger partial charge in [-0.2, -0.15) is 0 Å². The highest BCUT2D eigenvalue weighted by molar-refractivity contribution is 6.50. The first-order chi connectivity index (χ1) is 18.9. The summed E-state index contributed by atoms with van der Waals surface area (Å²) in [5.74, 6) is -1.61. The summed E-state index contributed by atoms with van der Waals surface area (Å²) < 4.78 is 11.3. The minimum Gasteiger partial charge on any atom is -0.507 e. The molecule has 9 nitrogen and oxygen atoms in total. The van der Waals surface area contributed by atoms with E-state index in [-0.39, 0.29) is 29.9 Å². The fourth-order valence-electron chi connectivity index (χ4n) is 6.39. The maximum Gasteiger partial charge on any atom is 0.296 e. The summed E-state index contributed by atoms with van der Waals surface area (Å²) in [6, 6.07) is 12.5. The number of morpholine rings is 1. The van der Waals surface area contributed by atoms with E-state index in [9.17, 15) is 19.5 Å². The van der Waals surface area contributed by atoms with Gasteiger partial charge in [0.15, 0.2) is 5.54 Å². The zero-order valence-electron chi connectivity index (χ0n) is 22.3. The number of para-hydroxylation sites is 1. The molecule has 0 saturated carbocycles. The molecule has 2 atom stereocenters. The van der Waals surface area contributed by atoms with E-state index in [1.54, 1.807) is 35.2 Å². The van der Waals surface area contributed by atoms with Gasteiger partial charge in [-0.3, -0.25) is 19.3 Å². The number of aliphatic hydroxyl groups excluding tert-OH is 1. The molecule has 4 aliphatic rings. The van der Waals surface area contributed by atoms with Gasteiger partial charge in [0, 0.05) is 50.3 Å². The Morgan fingerprint density at radius 2 is 1.82 bits per heavy atom. The number of ether oxygens (including phenoxy) is 2. The summed E-state index contributed by atoms with van der Waals surface area (Å²) in [7, 11) is 0. The molecule has 1 spiro atoms. The van der Waals surface area contributed by atoms with Crippen LogP contribution in [0.15, 0.2) is 48.0 Å². The van der Waals surface area contributed by atoms with Crippen LogP contribution in [0.5, 0.6) is 5.75 Å². The molecule has 4 heterocycles. The van der Waals surface area contributed by atoms with Crippen LogP contribution in [0, 0.1) is 0 Å². The number of fused-ring (bicyclic) bond motifs is 3. The van der Waals surface area contributed by atoms with Gasteiger partial charge in [-0.1, -0.05) is 25.1 Å². The van der Waals surface area contributed by atoms with Crippen molar-refractivity contribution in [3.8, 4) is 5.75 Å². The number of nitrogens with zero attached hydrogens (tertiary/aromatic N) is 3.